The highest BCUT2D eigenvalue weighted by Crippen LogP contribution is 2.45. The number of carbonyl (C=O) groups excluding carboxylic acids is 1. The lowest BCUT2D eigenvalue weighted by Gasteiger charge is -2.41. The van der Waals surface area contributed by atoms with Gasteiger partial charge in [0.1, 0.15) is 17.0 Å². The van der Waals surface area contributed by atoms with Gasteiger partial charge in [0.25, 0.3) is 0 Å². The first-order valence-corrected chi connectivity index (χ1v) is 11.5. The number of rotatable bonds is 7. The summed E-state index contributed by atoms with van der Waals surface area (Å²) < 4.78 is 10.3. The van der Waals surface area contributed by atoms with Crippen molar-refractivity contribution in [2.45, 2.75) is 38.1 Å². The minimum atomic E-state index is 0.0174. The number of ether oxygens (including phenoxy) is 2. The van der Waals surface area contributed by atoms with Crippen LogP contribution < -0.4 is 9.64 Å². The minimum absolute atomic E-state index is 0.0174. The molecule has 2 aliphatic rings. The van der Waals surface area contributed by atoms with Crippen LogP contribution in [0.2, 0.25) is 5.15 Å². The van der Waals surface area contributed by atoms with Crippen LogP contribution in [0.25, 0.3) is 11.1 Å². The monoisotopic (exact) mass is 469 g/mol. The fraction of sp³-hybridized carbons (Fsp3) is 0.500. The van der Waals surface area contributed by atoms with Crippen molar-refractivity contribution in [3.8, 4) is 23.1 Å². The molecule has 9 heteroatoms. The fourth-order valence-electron chi connectivity index (χ4n) is 4.33. The molecule has 1 amide bonds. The molecule has 8 nitrogen and oxygen atoms in total. The molecule has 33 heavy (non-hydrogen) atoms. The zero-order valence-electron chi connectivity index (χ0n) is 19.2. The second-order valence-electron chi connectivity index (χ2n) is 8.52. The maximum absolute atomic E-state index is 12.5. The molecule has 1 aliphatic heterocycles. The number of hydrogen-bond donors (Lipinski definition) is 0. The Morgan fingerprint density at radius 2 is 2.03 bits per heavy atom. The Bertz CT molecular complexity index is 1080. The van der Waals surface area contributed by atoms with Crippen LogP contribution in [-0.2, 0) is 9.53 Å². The molecule has 1 saturated heterocycles. The number of halogens is 1. The lowest BCUT2D eigenvalue weighted by molar-refractivity contribution is -0.134. The van der Waals surface area contributed by atoms with Crippen LogP contribution in [0.15, 0.2) is 18.2 Å². The quantitative estimate of drug-likeness (QED) is 0.572. The predicted molar refractivity (Wildman–Crippen MR) is 126 cm³/mol. The first-order chi connectivity index (χ1) is 15.9. The number of nitrogens with zero attached hydrogens (tertiary/aromatic N) is 5. The molecule has 4 rings (SSSR count). The fourth-order valence-corrected chi connectivity index (χ4v) is 4.53. The number of aromatic nitrogens is 2. The van der Waals surface area contributed by atoms with Gasteiger partial charge in [-0.15, -0.1) is 0 Å². The van der Waals surface area contributed by atoms with E-state index in [1.807, 2.05) is 24.0 Å². The van der Waals surface area contributed by atoms with Gasteiger partial charge in [0, 0.05) is 50.3 Å². The van der Waals surface area contributed by atoms with E-state index in [0.29, 0.717) is 61.0 Å². The van der Waals surface area contributed by atoms with Crippen molar-refractivity contribution in [2.24, 2.45) is 0 Å². The van der Waals surface area contributed by atoms with Gasteiger partial charge in [-0.1, -0.05) is 11.6 Å². The highest BCUT2D eigenvalue weighted by atomic mass is 35.5. The molecule has 0 bridgehead atoms. The summed E-state index contributed by atoms with van der Waals surface area (Å²) in [7, 11) is 3.15. The molecule has 1 unspecified atom stereocenters. The summed E-state index contributed by atoms with van der Waals surface area (Å²) in [5, 5.41) is 10.3. The summed E-state index contributed by atoms with van der Waals surface area (Å²) in [5.74, 6) is 1.56. The number of piperazine rings is 1. The summed E-state index contributed by atoms with van der Waals surface area (Å²) in [5.41, 5.74) is 3.21. The van der Waals surface area contributed by atoms with Crippen molar-refractivity contribution in [1.82, 2.24) is 14.9 Å². The molecule has 174 valence electrons. The molecule has 1 aliphatic carbocycles. The average molecular weight is 470 g/mol. The molecule has 3 heterocycles. The van der Waals surface area contributed by atoms with Crippen molar-refractivity contribution in [3.05, 3.63) is 34.6 Å². The number of amides is 1. The van der Waals surface area contributed by atoms with Crippen molar-refractivity contribution in [1.29, 1.82) is 5.26 Å². The number of nitriles is 1. The van der Waals surface area contributed by atoms with Gasteiger partial charge in [0.2, 0.25) is 11.8 Å². The molecule has 2 aromatic heterocycles. The minimum Gasteiger partial charge on any atom is -0.481 e. The van der Waals surface area contributed by atoms with Gasteiger partial charge in [-0.3, -0.25) is 4.79 Å². The molecular weight excluding hydrogens is 442 g/mol. The Balaban J connectivity index is 1.66. The number of pyridine rings is 2. The summed E-state index contributed by atoms with van der Waals surface area (Å²) in [6.07, 6.45) is 2.51. The summed E-state index contributed by atoms with van der Waals surface area (Å²) in [6, 6.07) is 7.85. The van der Waals surface area contributed by atoms with Gasteiger partial charge < -0.3 is 19.3 Å². The first kappa shape index (κ1) is 23.3. The van der Waals surface area contributed by atoms with Crippen LogP contribution in [0.5, 0.6) is 5.88 Å². The van der Waals surface area contributed by atoms with E-state index < -0.39 is 0 Å². The number of carbonyl (C=O) groups is 1. The smallest absolute Gasteiger partial charge is 0.225 e. The maximum Gasteiger partial charge on any atom is 0.225 e. The Kier molecular flexibility index (Phi) is 7.01. The van der Waals surface area contributed by atoms with Crippen molar-refractivity contribution in [3.63, 3.8) is 0 Å². The number of methoxy groups -OCH3 is 2. The summed E-state index contributed by atoms with van der Waals surface area (Å²) >= 11 is 6.22. The highest BCUT2D eigenvalue weighted by Gasteiger charge is 2.33. The normalized spacial score (nSPS) is 18.2. The van der Waals surface area contributed by atoms with E-state index in [9.17, 15) is 10.1 Å². The molecule has 1 atom stereocenters. The second kappa shape index (κ2) is 9.94. The van der Waals surface area contributed by atoms with E-state index in [1.165, 1.54) is 0 Å². The van der Waals surface area contributed by atoms with Crippen LogP contribution in [0.3, 0.4) is 0 Å². The largest absolute Gasteiger partial charge is 0.481 e. The van der Waals surface area contributed by atoms with Gasteiger partial charge in [0.05, 0.1) is 31.4 Å². The van der Waals surface area contributed by atoms with Gasteiger partial charge in [-0.2, -0.15) is 5.26 Å². The standard InChI is InChI=1S/C24H28ClN5O3/c1-15-14-29(7-8-30(15)22(31)6-9-32-2)24-18(13-26)10-19(23(28-24)16-4-5-16)17-11-20(25)27-21(12-17)33-3/h10-12,15-16H,4-9,14H2,1-3H3. The van der Waals surface area contributed by atoms with E-state index in [0.717, 1.165) is 29.7 Å². The average Bonchev–Trinajstić information content (AvgIpc) is 3.66. The molecule has 0 N–H and O–H groups in total. The SMILES string of the molecule is COCCC(=O)N1CCN(c2nc(C3CC3)c(-c3cc(Cl)nc(OC)c3)cc2C#N)CC1C. The second-order valence-corrected chi connectivity index (χ2v) is 8.91. The lowest BCUT2D eigenvalue weighted by atomic mass is 9.99. The van der Waals surface area contributed by atoms with E-state index in [-0.39, 0.29) is 11.9 Å². The molecule has 0 aromatic carbocycles. The van der Waals surface area contributed by atoms with Crippen molar-refractivity contribution in [2.75, 3.05) is 45.4 Å². The van der Waals surface area contributed by atoms with E-state index in [1.54, 1.807) is 20.3 Å². The van der Waals surface area contributed by atoms with Crippen LogP contribution in [0.4, 0.5) is 5.82 Å². The Labute approximate surface area is 199 Å². The van der Waals surface area contributed by atoms with E-state index in [2.05, 4.69) is 16.0 Å². The highest BCUT2D eigenvalue weighted by molar-refractivity contribution is 6.29. The van der Waals surface area contributed by atoms with Crippen molar-refractivity contribution >= 4 is 23.3 Å². The Hall–Kier alpha value is -2.89. The zero-order valence-corrected chi connectivity index (χ0v) is 19.9. The van der Waals surface area contributed by atoms with Crippen LogP contribution in [0.1, 0.15) is 43.4 Å². The van der Waals surface area contributed by atoms with Gasteiger partial charge in [-0.25, -0.2) is 9.97 Å². The Morgan fingerprint density at radius 1 is 1.24 bits per heavy atom. The molecular formula is C24H28ClN5O3. The Morgan fingerprint density at radius 3 is 2.67 bits per heavy atom. The zero-order chi connectivity index (χ0) is 23.5. The topological polar surface area (TPSA) is 91.6 Å². The molecule has 1 saturated carbocycles. The van der Waals surface area contributed by atoms with Gasteiger partial charge in [-0.05, 0) is 37.5 Å². The van der Waals surface area contributed by atoms with Gasteiger partial charge >= 0.3 is 0 Å². The van der Waals surface area contributed by atoms with Gasteiger partial charge in [0.15, 0.2) is 0 Å². The third-order valence-corrected chi connectivity index (χ3v) is 6.37. The number of hydrogen-bond acceptors (Lipinski definition) is 7. The van der Waals surface area contributed by atoms with E-state index >= 15 is 0 Å². The van der Waals surface area contributed by atoms with E-state index in [4.69, 9.17) is 26.1 Å². The lowest BCUT2D eigenvalue weighted by Crippen LogP contribution is -2.54. The third kappa shape index (κ3) is 5.05. The molecule has 2 aromatic rings. The molecule has 2 fully saturated rings. The van der Waals surface area contributed by atoms with Crippen LogP contribution in [0, 0.1) is 11.3 Å². The van der Waals surface area contributed by atoms with Crippen LogP contribution >= 0.6 is 11.6 Å². The molecule has 0 radical (unpaired) electrons. The first-order valence-electron chi connectivity index (χ1n) is 11.2. The molecule has 0 spiro atoms. The predicted octanol–water partition coefficient (Wildman–Crippen LogP) is 3.63. The third-order valence-electron chi connectivity index (χ3n) is 6.17. The van der Waals surface area contributed by atoms with Crippen LogP contribution in [-0.4, -0.2) is 67.3 Å². The summed E-state index contributed by atoms with van der Waals surface area (Å²) in [6.45, 7) is 4.29. The maximum atomic E-state index is 12.5. The van der Waals surface area contributed by atoms with Crippen molar-refractivity contribution < 1.29 is 14.3 Å². The summed E-state index contributed by atoms with van der Waals surface area (Å²) in [4.78, 5) is 25.7. The number of anilines is 1.